The van der Waals surface area contributed by atoms with E-state index in [0.29, 0.717) is 24.3 Å². The van der Waals surface area contributed by atoms with E-state index in [0.717, 1.165) is 16.7 Å². The molecule has 3 N–H and O–H groups in total. The molecule has 2 aromatic rings. The monoisotopic (exact) mass is 426 g/mol. The Morgan fingerprint density at radius 3 is 2.68 bits per heavy atom. The van der Waals surface area contributed by atoms with Crippen LogP contribution < -0.4 is 4.74 Å². The van der Waals surface area contributed by atoms with E-state index in [9.17, 15) is 20.6 Å². The van der Waals surface area contributed by atoms with Gasteiger partial charge in [0, 0.05) is 6.42 Å². The van der Waals surface area contributed by atoms with Gasteiger partial charge in [-0.15, -0.1) is 0 Å². The van der Waals surface area contributed by atoms with Gasteiger partial charge in [0.2, 0.25) is 0 Å². The molecule has 0 amide bonds. The maximum atomic E-state index is 10.1. The minimum atomic E-state index is -1.12. The van der Waals surface area contributed by atoms with Crippen LogP contribution in [0.25, 0.3) is 0 Å². The summed E-state index contributed by atoms with van der Waals surface area (Å²) in [7, 11) is 1.46. The van der Waals surface area contributed by atoms with E-state index in [1.807, 2.05) is 30.3 Å². The van der Waals surface area contributed by atoms with Crippen molar-refractivity contribution >= 4 is 6.21 Å². The van der Waals surface area contributed by atoms with E-state index in [4.69, 9.17) is 9.47 Å². The van der Waals surface area contributed by atoms with Gasteiger partial charge in [-0.05, 0) is 41.3 Å². The molecule has 0 saturated carbocycles. The number of nitriles is 1. The van der Waals surface area contributed by atoms with Gasteiger partial charge in [-0.25, -0.2) is 0 Å². The summed E-state index contributed by atoms with van der Waals surface area (Å²) in [5, 5.41) is 42.6. The molecule has 3 rings (SSSR count). The molecule has 0 spiro atoms. The van der Waals surface area contributed by atoms with Crippen LogP contribution in [0.1, 0.15) is 34.8 Å². The molecular weight excluding hydrogens is 400 g/mol. The lowest BCUT2D eigenvalue weighted by Crippen LogP contribution is -2.47. The van der Waals surface area contributed by atoms with E-state index < -0.39 is 24.4 Å². The zero-order valence-corrected chi connectivity index (χ0v) is 17.2. The Morgan fingerprint density at radius 1 is 1.23 bits per heavy atom. The Morgan fingerprint density at radius 2 is 2.00 bits per heavy atom. The van der Waals surface area contributed by atoms with Gasteiger partial charge < -0.3 is 29.6 Å². The summed E-state index contributed by atoms with van der Waals surface area (Å²) in [4.78, 5) is 4.58. The molecule has 0 radical (unpaired) electrons. The van der Waals surface area contributed by atoms with Gasteiger partial charge in [0.15, 0.2) is 0 Å². The Hall–Kier alpha value is -2.96. The molecule has 1 fully saturated rings. The van der Waals surface area contributed by atoms with E-state index >= 15 is 0 Å². The molecule has 0 aromatic heterocycles. The molecule has 164 valence electrons. The van der Waals surface area contributed by atoms with Crippen LogP contribution >= 0.6 is 0 Å². The van der Waals surface area contributed by atoms with Crippen molar-refractivity contribution in [2.45, 2.75) is 37.3 Å². The summed E-state index contributed by atoms with van der Waals surface area (Å²) in [6.45, 7) is -0.0891. The fraction of sp³-hybridized carbons (Fsp3) is 0.391. The summed E-state index contributed by atoms with van der Waals surface area (Å²) in [5.74, 6) is 0.693. The Balaban J connectivity index is 1.74. The molecule has 2 aromatic carbocycles. The predicted molar refractivity (Wildman–Crippen MR) is 113 cm³/mol. The smallest absolute Gasteiger partial charge is 0.127 e. The zero-order valence-electron chi connectivity index (χ0n) is 17.2. The van der Waals surface area contributed by atoms with E-state index in [1.54, 1.807) is 12.1 Å². The molecule has 31 heavy (non-hydrogen) atoms. The number of nitrogens with zero attached hydrogens (tertiary/aromatic N) is 2. The lowest BCUT2D eigenvalue weighted by molar-refractivity contribution is -0.181. The van der Waals surface area contributed by atoms with Gasteiger partial charge in [-0.3, -0.25) is 0 Å². The predicted octanol–water partition coefficient (Wildman–Crippen LogP) is 1.70. The largest absolute Gasteiger partial charge is 0.488 e. The molecule has 1 saturated heterocycles. The average molecular weight is 426 g/mol. The van der Waals surface area contributed by atoms with Gasteiger partial charge in [0.25, 0.3) is 0 Å². The van der Waals surface area contributed by atoms with Crippen molar-refractivity contribution in [1.82, 2.24) is 0 Å². The third-order valence-electron chi connectivity index (χ3n) is 5.19. The van der Waals surface area contributed by atoms with Crippen molar-refractivity contribution < 1.29 is 29.6 Å². The van der Waals surface area contributed by atoms with Crippen LogP contribution in [-0.4, -0.2) is 60.2 Å². The first-order valence-corrected chi connectivity index (χ1v) is 9.97. The fourth-order valence-corrected chi connectivity index (χ4v) is 3.55. The molecule has 1 aliphatic heterocycles. The molecule has 4 atom stereocenters. The highest BCUT2D eigenvalue weighted by Crippen LogP contribution is 2.33. The highest BCUT2D eigenvalue weighted by Gasteiger charge is 2.37. The number of ether oxygens (including phenoxy) is 2. The topological polar surface area (TPSA) is 125 Å². The highest BCUT2D eigenvalue weighted by molar-refractivity contribution is 5.58. The quantitative estimate of drug-likeness (QED) is 0.433. The van der Waals surface area contributed by atoms with Crippen molar-refractivity contribution in [3.05, 3.63) is 64.7 Å². The maximum Gasteiger partial charge on any atom is 0.127 e. The summed E-state index contributed by atoms with van der Waals surface area (Å²) < 4.78 is 11.3. The van der Waals surface area contributed by atoms with Crippen LogP contribution in [0.15, 0.2) is 47.6 Å². The van der Waals surface area contributed by atoms with E-state index in [1.165, 1.54) is 13.3 Å². The first kappa shape index (κ1) is 22.7. The first-order valence-electron chi connectivity index (χ1n) is 9.97. The number of hydrogen-bond acceptors (Lipinski definition) is 8. The number of aliphatic hydroxyl groups is 3. The van der Waals surface area contributed by atoms with Gasteiger partial charge >= 0.3 is 0 Å². The number of rotatable bonds is 8. The highest BCUT2D eigenvalue weighted by atomic mass is 16.6. The van der Waals surface area contributed by atoms with Crippen molar-refractivity contribution in [2.24, 2.45) is 5.16 Å². The number of benzene rings is 2. The van der Waals surface area contributed by atoms with Gasteiger partial charge in [0.1, 0.15) is 31.7 Å². The molecule has 8 heteroatoms. The average Bonchev–Trinajstić information content (AvgIpc) is 2.79. The molecular formula is C23H26N2O6. The van der Waals surface area contributed by atoms with Crippen LogP contribution in [0.3, 0.4) is 0 Å². The second-order valence-corrected chi connectivity index (χ2v) is 7.27. The summed E-state index contributed by atoms with van der Waals surface area (Å²) in [6, 6.07) is 15.2. The Kier molecular flexibility index (Phi) is 7.98. The molecule has 8 nitrogen and oxygen atoms in total. The minimum absolute atomic E-state index is 0.210. The molecule has 0 bridgehead atoms. The lowest BCUT2D eigenvalue weighted by atomic mass is 9.91. The lowest BCUT2D eigenvalue weighted by Gasteiger charge is -2.36. The van der Waals surface area contributed by atoms with Crippen molar-refractivity contribution in [3.8, 4) is 11.8 Å². The summed E-state index contributed by atoms with van der Waals surface area (Å²) >= 11 is 0. The van der Waals surface area contributed by atoms with Crippen molar-refractivity contribution in [2.75, 3.05) is 20.3 Å². The first-order chi connectivity index (χ1) is 15.0. The Labute approximate surface area is 180 Å². The van der Waals surface area contributed by atoms with Crippen molar-refractivity contribution in [3.63, 3.8) is 0 Å². The van der Waals surface area contributed by atoms with Crippen LogP contribution in [0.4, 0.5) is 0 Å². The zero-order chi connectivity index (χ0) is 22.2. The molecule has 1 aliphatic rings. The number of aliphatic hydroxyl groups excluding tert-OH is 3. The second kappa shape index (κ2) is 10.9. The van der Waals surface area contributed by atoms with Gasteiger partial charge in [-0.2, -0.15) is 5.26 Å². The van der Waals surface area contributed by atoms with Crippen LogP contribution in [-0.2, 0) is 16.0 Å². The van der Waals surface area contributed by atoms with Crippen LogP contribution in [0.2, 0.25) is 0 Å². The minimum Gasteiger partial charge on any atom is -0.488 e. The number of hydrogen-bond donors (Lipinski definition) is 3. The number of oxime groups is 1. The third-order valence-corrected chi connectivity index (χ3v) is 5.19. The van der Waals surface area contributed by atoms with Crippen LogP contribution in [0, 0.1) is 11.3 Å². The van der Waals surface area contributed by atoms with Crippen molar-refractivity contribution in [1.29, 1.82) is 5.26 Å². The molecule has 3 unspecified atom stereocenters. The normalized spacial score (nSPS) is 23.5. The summed E-state index contributed by atoms with van der Waals surface area (Å²) in [5.41, 5.74) is 3.16. The summed E-state index contributed by atoms with van der Waals surface area (Å²) in [6.07, 6.45) is -1.19. The van der Waals surface area contributed by atoms with E-state index in [-0.39, 0.29) is 13.0 Å². The second-order valence-electron chi connectivity index (χ2n) is 7.27. The van der Waals surface area contributed by atoms with Gasteiger partial charge in [0.05, 0.1) is 36.7 Å². The fourth-order valence-electron chi connectivity index (χ4n) is 3.55. The third kappa shape index (κ3) is 5.81. The Bertz CT molecular complexity index is 925. The standard InChI is InChI=1S/C23H26N2O6/c1-29-25-8-9-30-19-6-2-15(3-7-19)10-18-11-16(4-5-17(18)13-24)21-12-20(27)23(28)22(14-26)31-21/h2-8,11,20-23,26-28H,9-10,12,14H2,1H3/b25-8+/t20?,21?,22?,23-/m0/s1. The van der Waals surface area contributed by atoms with Crippen LogP contribution in [0.5, 0.6) is 5.75 Å². The molecule has 1 heterocycles. The molecule has 0 aliphatic carbocycles. The SMILES string of the molecule is CO/N=C/COc1ccc(Cc2cc(C3CC(O)[C@H](O)C(CO)O3)ccc2C#N)cc1. The maximum absolute atomic E-state index is 10.1. The van der Waals surface area contributed by atoms with E-state index in [2.05, 4.69) is 16.1 Å². The van der Waals surface area contributed by atoms with Gasteiger partial charge in [-0.1, -0.05) is 29.4 Å².